The summed E-state index contributed by atoms with van der Waals surface area (Å²) in [6, 6.07) is 0.562. The van der Waals surface area contributed by atoms with Gasteiger partial charge in [0.1, 0.15) is 0 Å². The van der Waals surface area contributed by atoms with Gasteiger partial charge in [-0.2, -0.15) is 0 Å². The number of ether oxygens (including phenoxy) is 1. The normalized spacial score (nSPS) is 39.9. The van der Waals surface area contributed by atoms with E-state index in [1.165, 1.54) is 0 Å². The minimum absolute atomic E-state index is 0.0265. The van der Waals surface area contributed by atoms with Crippen LogP contribution in [-0.4, -0.2) is 55.9 Å². The molecule has 0 amide bonds. The highest BCUT2D eigenvalue weighted by molar-refractivity contribution is 7.91. The van der Waals surface area contributed by atoms with E-state index in [1.54, 1.807) is 0 Å². The van der Waals surface area contributed by atoms with Crippen LogP contribution in [0.3, 0.4) is 0 Å². The molecule has 2 fully saturated rings. The first-order valence-corrected chi connectivity index (χ1v) is 8.59. The molecule has 2 N–H and O–H groups in total. The summed E-state index contributed by atoms with van der Waals surface area (Å²) < 4.78 is 28.5. The van der Waals surface area contributed by atoms with Crippen molar-refractivity contribution in [2.24, 2.45) is 0 Å². The lowest BCUT2D eigenvalue weighted by molar-refractivity contribution is -0.0667. The van der Waals surface area contributed by atoms with Crippen molar-refractivity contribution in [3.63, 3.8) is 0 Å². The molecule has 106 valence electrons. The summed E-state index contributed by atoms with van der Waals surface area (Å²) in [4.78, 5) is 0. The van der Waals surface area contributed by atoms with Gasteiger partial charge in [-0.1, -0.05) is 6.92 Å². The second-order valence-corrected chi connectivity index (χ2v) is 7.50. The van der Waals surface area contributed by atoms with Crippen molar-refractivity contribution in [2.75, 3.05) is 18.1 Å². The van der Waals surface area contributed by atoms with Crippen molar-refractivity contribution in [2.45, 2.75) is 57.0 Å². The van der Waals surface area contributed by atoms with E-state index in [0.29, 0.717) is 6.04 Å². The van der Waals surface area contributed by atoms with Gasteiger partial charge in [-0.3, -0.25) is 0 Å². The smallest absolute Gasteiger partial charge is 0.155 e. The molecule has 0 spiro atoms. The molecular formula is C12H23NO4S. The maximum atomic E-state index is 11.4. The second-order valence-electron chi connectivity index (χ2n) is 5.35. The van der Waals surface area contributed by atoms with E-state index in [0.717, 1.165) is 32.2 Å². The molecule has 1 aliphatic heterocycles. The van der Waals surface area contributed by atoms with Crippen molar-refractivity contribution >= 4 is 9.84 Å². The summed E-state index contributed by atoms with van der Waals surface area (Å²) in [7, 11) is -3.10. The van der Waals surface area contributed by atoms with E-state index < -0.39 is 22.0 Å². The van der Waals surface area contributed by atoms with Crippen molar-refractivity contribution in [1.29, 1.82) is 0 Å². The first kappa shape index (κ1) is 14.2. The quantitative estimate of drug-likeness (QED) is 0.761. The van der Waals surface area contributed by atoms with Gasteiger partial charge in [-0.05, 0) is 32.2 Å². The second kappa shape index (κ2) is 5.86. The van der Waals surface area contributed by atoms with Gasteiger partial charge in [0.2, 0.25) is 0 Å². The van der Waals surface area contributed by atoms with Gasteiger partial charge >= 0.3 is 0 Å². The molecule has 18 heavy (non-hydrogen) atoms. The van der Waals surface area contributed by atoms with Crippen LogP contribution in [-0.2, 0) is 14.6 Å². The Labute approximate surface area is 109 Å². The molecule has 0 aromatic carbocycles. The van der Waals surface area contributed by atoms with Crippen LogP contribution in [0.5, 0.6) is 0 Å². The number of aliphatic hydroxyl groups is 1. The van der Waals surface area contributed by atoms with Crippen LogP contribution < -0.4 is 5.32 Å². The molecular weight excluding hydrogens is 254 g/mol. The van der Waals surface area contributed by atoms with Gasteiger partial charge < -0.3 is 15.2 Å². The average molecular weight is 277 g/mol. The van der Waals surface area contributed by atoms with E-state index in [4.69, 9.17) is 4.74 Å². The minimum Gasteiger partial charge on any atom is -0.389 e. The zero-order valence-corrected chi connectivity index (χ0v) is 11.7. The van der Waals surface area contributed by atoms with Crippen LogP contribution in [0.1, 0.15) is 32.6 Å². The lowest BCUT2D eigenvalue weighted by Crippen LogP contribution is -2.38. The lowest BCUT2D eigenvalue weighted by atomic mass is 9.93. The number of rotatable bonds is 4. The molecule has 1 saturated heterocycles. The van der Waals surface area contributed by atoms with E-state index in [1.807, 2.05) is 0 Å². The third-order valence-corrected chi connectivity index (χ3v) is 5.49. The first-order valence-electron chi connectivity index (χ1n) is 6.77. The molecule has 0 bridgehead atoms. The van der Waals surface area contributed by atoms with Crippen molar-refractivity contribution in [3.05, 3.63) is 0 Å². The SMILES string of the molecule is CCNC1CCC(OC2CS(=O)(=O)CC2O)CC1. The monoisotopic (exact) mass is 277 g/mol. The zero-order valence-electron chi connectivity index (χ0n) is 10.8. The predicted molar refractivity (Wildman–Crippen MR) is 69.3 cm³/mol. The van der Waals surface area contributed by atoms with Crippen LogP contribution in [0.4, 0.5) is 0 Å². The van der Waals surface area contributed by atoms with E-state index in [9.17, 15) is 13.5 Å². The Morgan fingerprint density at radius 3 is 2.39 bits per heavy atom. The molecule has 1 aliphatic carbocycles. The summed E-state index contributed by atoms with van der Waals surface area (Å²) in [5.41, 5.74) is 0. The molecule has 1 heterocycles. The number of aliphatic hydroxyl groups excluding tert-OH is 1. The molecule has 2 atom stereocenters. The van der Waals surface area contributed by atoms with Gasteiger partial charge in [-0.25, -0.2) is 8.42 Å². The summed E-state index contributed by atoms with van der Waals surface area (Å²) in [5, 5.41) is 13.1. The third-order valence-electron chi connectivity index (χ3n) is 3.81. The van der Waals surface area contributed by atoms with Gasteiger partial charge in [0.05, 0.1) is 29.8 Å². The van der Waals surface area contributed by atoms with Gasteiger partial charge in [0, 0.05) is 6.04 Å². The molecule has 1 saturated carbocycles. The Morgan fingerprint density at radius 1 is 1.22 bits per heavy atom. The van der Waals surface area contributed by atoms with Crippen molar-refractivity contribution in [3.8, 4) is 0 Å². The molecule has 0 aromatic heterocycles. The predicted octanol–water partition coefficient (Wildman–Crippen LogP) is 0.0816. The van der Waals surface area contributed by atoms with Gasteiger partial charge in [-0.15, -0.1) is 0 Å². The Kier molecular flexibility index (Phi) is 4.64. The standard InChI is InChI=1S/C12H23NO4S/c1-2-13-9-3-5-10(6-4-9)17-12-8-18(15,16)7-11(12)14/h9-14H,2-8H2,1H3. The topological polar surface area (TPSA) is 75.6 Å². The molecule has 2 unspecified atom stereocenters. The first-order chi connectivity index (χ1) is 8.50. The maximum absolute atomic E-state index is 11.4. The lowest BCUT2D eigenvalue weighted by Gasteiger charge is -2.31. The number of hydrogen-bond acceptors (Lipinski definition) is 5. The van der Waals surface area contributed by atoms with Crippen molar-refractivity contribution in [1.82, 2.24) is 5.32 Å². The van der Waals surface area contributed by atoms with Gasteiger partial charge in [0.15, 0.2) is 9.84 Å². The summed E-state index contributed by atoms with van der Waals surface area (Å²) in [6.45, 7) is 3.08. The number of sulfone groups is 1. The largest absolute Gasteiger partial charge is 0.389 e. The molecule has 2 aliphatic rings. The third kappa shape index (κ3) is 3.66. The highest BCUT2D eigenvalue weighted by Gasteiger charge is 2.39. The summed E-state index contributed by atoms with van der Waals surface area (Å²) in [6.07, 6.45) is 2.76. The number of hydrogen-bond donors (Lipinski definition) is 2. The Balaban J connectivity index is 1.78. The Morgan fingerprint density at radius 2 is 1.89 bits per heavy atom. The molecule has 0 aromatic rings. The van der Waals surface area contributed by atoms with Crippen LogP contribution in [0, 0.1) is 0 Å². The molecule has 5 nitrogen and oxygen atoms in total. The van der Waals surface area contributed by atoms with E-state index in [-0.39, 0.29) is 17.6 Å². The van der Waals surface area contributed by atoms with E-state index >= 15 is 0 Å². The minimum atomic E-state index is -3.10. The fourth-order valence-electron chi connectivity index (χ4n) is 2.87. The summed E-state index contributed by atoms with van der Waals surface area (Å²) >= 11 is 0. The zero-order chi connectivity index (χ0) is 13.2. The van der Waals surface area contributed by atoms with Crippen molar-refractivity contribution < 1.29 is 18.3 Å². The summed E-state index contributed by atoms with van der Waals surface area (Å²) in [5.74, 6) is -0.175. The van der Waals surface area contributed by atoms with Crippen LogP contribution in [0.25, 0.3) is 0 Å². The highest BCUT2D eigenvalue weighted by atomic mass is 32.2. The average Bonchev–Trinajstić information content (AvgIpc) is 2.55. The van der Waals surface area contributed by atoms with Crippen LogP contribution in [0.15, 0.2) is 0 Å². The number of nitrogens with one attached hydrogen (secondary N) is 1. The molecule has 0 radical (unpaired) electrons. The highest BCUT2D eigenvalue weighted by Crippen LogP contribution is 2.25. The Bertz CT molecular complexity index is 362. The van der Waals surface area contributed by atoms with Crippen LogP contribution >= 0.6 is 0 Å². The molecule has 6 heteroatoms. The van der Waals surface area contributed by atoms with Gasteiger partial charge in [0.25, 0.3) is 0 Å². The van der Waals surface area contributed by atoms with E-state index in [2.05, 4.69) is 12.2 Å². The fourth-order valence-corrected chi connectivity index (χ4v) is 4.54. The van der Waals surface area contributed by atoms with Crippen LogP contribution in [0.2, 0.25) is 0 Å². The maximum Gasteiger partial charge on any atom is 0.155 e. The molecule has 2 rings (SSSR count). The fraction of sp³-hybridized carbons (Fsp3) is 1.00. The Hall–Kier alpha value is -0.170.